The van der Waals surface area contributed by atoms with E-state index in [1.807, 2.05) is 19.1 Å². The molecule has 17 heavy (non-hydrogen) atoms. The first kappa shape index (κ1) is 12.6. The average molecular weight is 227 g/mol. The molecule has 86 valence electrons. The molecule has 0 fully saturated rings. The maximum atomic E-state index is 11.8. The molecular weight excluding hydrogens is 214 g/mol. The van der Waals surface area contributed by atoms with Gasteiger partial charge in [0.25, 0.3) is 5.91 Å². The van der Waals surface area contributed by atoms with Crippen molar-refractivity contribution in [3.8, 4) is 18.4 Å². The van der Waals surface area contributed by atoms with Crippen molar-refractivity contribution in [2.75, 3.05) is 18.9 Å². The largest absolute Gasteiger partial charge is 0.387 e. The lowest BCUT2D eigenvalue weighted by atomic mass is 10.0. The summed E-state index contributed by atoms with van der Waals surface area (Å²) in [7, 11) is 1.74. The predicted octanol–water partition coefficient (Wildman–Crippen LogP) is 1.27. The number of aryl methyl sites for hydroxylation is 1. The van der Waals surface area contributed by atoms with Gasteiger partial charge < -0.3 is 10.6 Å². The molecule has 0 atom stereocenters. The summed E-state index contributed by atoms with van der Waals surface area (Å²) >= 11 is 0. The molecule has 0 saturated heterocycles. The quantitative estimate of drug-likeness (QED) is 0.603. The Labute approximate surface area is 101 Å². The zero-order valence-electron chi connectivity index (χ0n) is 9.79. The lowest BCUT2D eigenvalue weighted by Crippen LogP contribution is -2.24. The monoisotopic (exact) mass is 227 g/mol. The van der Waals surface area contributed by atoms with Crippen molar-refractivity contribution in [1.29, 1.82) is 5.26 Å². The van der Waals surface area contributed by atoms with Gasteiger partial charge >= 0.3 is 0 Å². The molecule has 4 nitrogen and oxygen atoms in total. The van der Waals surface area contributed by atoms with Crippen molar-refractivity contribution >= 4 is 11.6 Å². The Hall–Kier alpha value is -2.46. The third kappa shape index (κ3) is 2.76. The van der Waals surface area contributed by atoms with E-state index in [2.05, 4.69) is 16.6 Å². The minimum atomic E-state index is -0.309. The van der Waals surface area contributed by atoms with Crippen LogP contribution in [-0.4, -0.2) is 19.5 Å². The Kier molecular flexibility index (Phi) is 4.14. The lowest BCUT2D eigenvalue weighted by Gasteiger charge is -2.12. The number of nitrogens with one attached hydrogen (secondary N) is 2. The number of hydrogen-bond acceptors (Lipinski definition) is 3. The standard InChI is InChI=1S/C13H13N3O/c1-4-10-7-9(2)12(15-3)11(8-10)13(17)16-6-5-14/h1,7-8,15H,6H2,2-3H3,(H,16,17). The van der Waals surface area contributed by atoms with E-state index in [4.69, 9.17) is 11.7 Å². The number of anilines is 1. The van der Waals surface area contributed by atoms with Crippen molar-refractivity contribution in [2.45, 2.75) is 6.92 Å². The number of hydrogen-bond donors (Lipinski definition) is 2. The van der Waals surface area contributed by atoms with Crippen LogP contribution in [0.3, 0.4) is 0 Å². The maximum absolute atomic E-state index is 11.8. The van der Waals surface area contributed by atoms with Gasteiger partial charge in [-0.2, -0.15) is 5.26 Å². The summed E-state index contributed by atoms with van der Waals surface area (Å²) in [6.07, 6.45) is 5.32. The molecule has 0 aliphatic heterocycles. The van der Waals surface area contributed by atoms with E-state index in [0.717, 1.165) is 11.3 Å². The number of rotatable bonds is 3. The summed E-state index contributed by atoms with van der Waals surface area (Å²) in [4.78, 5) is 11.8. The van der Waals surface area contributed by atoms with Crippen LogP contribution in [0.25, 0.3) is 0 Å². The molecule has 0 aliphatic carbocycles. The Bertz CT molecular complexity index is 521. The summed E-state index contributed by atoms with van der Waals surface area (Å²) < 4.78 is 0. The molecule has 1 aromatic carbocycles. The highest BCUT2D eigenvalue weighted by Gasteiger charge is 2.13. The van der Waals surface area contributed by atoms with E-state index in [1.165, 1.54) is 0 Å². The minimum Gasteiger partial charge on any atom is -0.387 e. The van der Waals surface area contributed by atoms with Crippen molar-refractivity contribution in [3.63, 3.8) is 0 Å². The fourth-order valence-corrected chi connectivity index (χ4v) is 1.60. The Balaban J connectivity index is 3.21. The van der Waals surface area contributed by atoms with E-state index < -0.39 is 0 Å². The first-order valence-corrected chi connectivity index (χ1v) is 5.08. The summed E-state index contributed by atoms with van der Waals surface area (Å²) in [5.74, 6) is 2.19. The number of nitriles is 1. The normalized spacial score (nSPS) is 8.94. The lowest BCUT2D eigenvalue weighted by molar-refractivity contribution is 0.0959. The molecule has 1 rings (SSSR count). The molecule has 0 unspecified atom stereocenters. The molecule has 1 amide bonds. The Morgan fingerprint density at radius 2 is 2.24 bits per heavy atom. The Morgan fingerprint density at radius 3 is 2.76 bits per heavy atom. The van der Waals surface area contributed by atoms with E-state index >= 15 is 0 Å². The Morgan fingerprint density at radius 1 is 1.53 bits per heavy atom. The number of terminal acetylenes is 1. The van der Waals surface area contributed by atoms with Gasteiger partial charge in [0.05, 0.1) is 11.6 Å². The van der Waals surface area contributed by atoms with E-state index in [0.29, 0.717) is 11.1 Å². The second-order valence-corrected chi connectivity index (χ2v) is 3.45. The number of nitrogens with zero attached hydrogens (tertiary/aromatic N) is 1. The van der Waals surface area contributed by atoms with Crippen LogP contribution in [0.2, 0.25) is 0 Å². The summed E-state index contributed by atoms with van der Waals surface area (Å²) in [6, 6.07) is 5.31. The van der Waals surface area contributed by atoms with Crippen molar-refractivity contribution < 1.29 is 4.79 Å². The van der Waals surface area contributed by atoms with Gasteiger partial charge in [0.15, 0.2) is 0 Å². The van der Waals surface area contributed by atoms with E-state index in [1.54, 1.807) is 13.1 Å². The summed E-state index contributed by atoms with van der Waals surface area (Å²) in [5.41, 5.74) is 2.71. The van der Waals surface area contributed by atoms with Crippen LogP contribution in [0.4, 0.5) is 5.69 Å². The number of carbonyl (C=O) groups excluding carboxylic acids is 1. The second kappa shape index (κ2) is 5.58. The molecular formula is C13H13N3O. The van der Waals surface area contributed by atoms with Gasteiger partial charge in [0.1, 0.15) is 6.54 Å². The highest BCUT2D eigenvalue weighted by Crippen LogP contribution is 2.22. The van der Waals surface area contributed by atoms with Gasteiger partial charge in [-0.05, 0) is 24.6 Å². The van der Waals surface area contributed by atoms with Crippen LogP contribution in [0.1, 0.15) is 21.5 Å². The zero-order valence-corrected chi connectivity index (χ0v) is 9.79. The van der Waals surface area contributed by atoms with Crippen LogP contribution in [0, 0.1) is 30.6 Å². The molecule has 0 heterocycles. The van der Waals surface area contributed by atoms with Crippen molar-refractivity contribution in [2.24, 2.45) is 0 Å². The highest BCUT2D eigenvalue weighted by molar-refractivity contribution is 6.00. The topological polar surface area (TPSA) is 64.9 Å². The van der Waals surface area contributed by atoms with Gasteiger partial charge in [-0.1, -0.05) is 5.92 Å². The van der Waals surface area contributed by atoms with Crippen LogP contribution in [0.5, 0.6) is 0 Å². The number of benzene rings is 1. The minimum absolute atomic E-state index is 0.0265. The maximum Gasteiger partial charge on any atom is 0.254 e. The van der Waals surface area contributed by atoms with E-state index in [9.17, 15) is 4.79 Å². The van der Waals surface area contributed by atoms with Gasteiger partial charge in [0, 0.05) is 18.3 Å². The summed E-state index contributed by atoms with van der Waals surface area (Å²) in [5, 5.41) is 13.9. The molecule has 0 bridgehead atoms. The first-order chi connectivity index (χ1) is 8.13. The fraction of sp³-hybridized carbons (Fsp3) is 0.231. The first-order valence-electron chi connectivity index (χ1n) is 5.08. The van der Waals surface area contributed by atoms with Crippen molar-refractivity contribution in [3.05, 3.63) is 28.8 Å². The van der Waals surface area contributed by atoms with Gasteiger partial charge in [-0.15, -0.1) is 6.42 Å². The van der Waals surface area contributed by atoms with Gasteiger partial charge in [-0.25, -0.2) is 0 Å². The van der Waals surface area contributed by atoms with Crippen LogP contribution >= 0.6 is 0 Å². The van der Waals surface area contributed by atoms with Crippen LogP contribution in [-0.2, 0) is 0 Å². The average Bonchev–Trinajstić information content (AvgIpc) is 2.34. The van der Waals surface area contributed by atoms with Gasteiger partial charge in [-0.3, -0.25) is 4.79 Å². The van der Waals surface area contributed by atoms with Crippen LogP contribution in [0.15, 0.2) is 12.1 Å². The molecule has 0 aliphatic rings. The van der Waals surface area contributed by atoms with Gasteiger partial charge in [0.2, 0.25) is 0 Å². The van der Waals surface area contributed by atoms with Crippen molar-refractivity contribution in [1.82, 2.24) is 5.32 Å². The number of carbonyl (C=O) groups is 1. The number of amides is 1. The summed E-state index contributed by atoms with van der Waals surface area (Å²) in [6.45, 7) is 1.84. The van der Waals surface area contributed by atoms with E-state index in [-0.39, 0.29) is 12.5 Å². The SMILES string of the molecule is C#Cc1cc(C)c(NC)c(C(=O)NCC#N)c1. The smallest absolute Gasteiger partial charge is 0.254 e. The molecule has 0 aromatic heterocycles. The third-order valence-electron chi connectivity index (χ3n) is 2.32. The predicted molar refractivity (Wildman–Crippen MR) is 66.6 cm³/mol. The molecule has 2 N–H and O–H groups in total. The molecule has 4 heteroatoms. The molecule has 0 saturated carbocycles. The molecule has 1 aromatic rings. The third-order valence-corrected chi connectivity index (χ3v) is 2.32. The van der Waals surface area contributed by atoms with Crippen LogP contribution < -0.4 is 10.6 Å². The second-order valence-electron chi connectivity index (χ2n) is 3.45. The zero-order chi connectivity index (χ0) is 12.8. The molecule has 0 spiro atoms. The highest BCUT2D eigenvalue weighted by atomic mass is 16.1. The molecule has 0 radical (unpaired) electrons. The fourth-order valence-electron chi connectivity index (χ4n) is 1.60.